The van der Waals surface area contributed by atoms with Crippen LogP contribution >= 0.6 is 0 Å². The summed E-state index contributed by atoms with van der Waals surface area (Å²) in [5.41, 5.74) is 0.747. The van der Waals surface area contributed by atoms with Crippen LogP contribution in [0.1, 0.15) is 12.0 Å². The van der Waals surface area contributed by atoms with Crippen LogP contribution in [0.5, 0.6) is 11.5 Å². The van der Waals surface area contributed by atoms with Crippen molar-refractivity contribution in [2.75, 3.05) is 0 Å². The molecule has 0 aromatic heterocycles. The third-order valence-corrected chi connectivity index (χ3v) is 1.54. The molecule has 0 bridgehead atoms. The van der Waals surface area contributed by atoms with Crippen LogP contribution in [0.3, 0.4) is 0 Å². The summed E-state index contributed by atoms with van der Waals surface area (Å²) in [6.45, 7) is 0. The number of benzene rings is 1. The Hall–Kier alpha value is -1.77. The molecule has 3 heteroatoms. The number of aldehydes is 1. The second-order valence-electron chi connectivity index (χ2n) is 2.55. The average molecular weight is 178 g/mol. The average Bonchev–Trinajstić information content (AvgIpc) is 2.12. The van der Waals surface area contributed by atoms with E-state index in [1.165, 1.54) is 12.1 Å². The second kappa shape index (κ2) is 4.30. The summed E-state index contributed by atoms with van der Waals surface area (Å²) in [5.74, 6) is -0.305. The second-order valence-corrected chi connectivity index (χ2v) is 2.55. The normalized spacial score (nSPS) is 10.5. The molecule has 0 aliphatic carbocycles. The van der Waals surface area contributed by atoms with Gasteiger partial charge in [-0.1, -0.05) is 18.2 Å². The molecule has 3 nitrogen and oxygen atoms in total. The van der Waals surface area contributed by atoms with Gasteiger partial charge in [0, 0.05) is 6.42 Å². The molecule has 0 unspecified atom stereocenters. The van der Waals surface area contributed by atoms with Crippen LogP contribution in [-0.2, 0) is 4.79 Å². The van der Waals surface area contributed by atoms with Crippen LogP contribution in [0.15, 0.2) is 24.3 Å². The molecule has 0 atom stereocenters. The molecular weight excluding hydrogens is 168 g/mol. The molecule has 1 aromatic rings. The van der Waals surface area contributed by atoms with Gasteiger partial charge in [-0.15, -0.1) is 0 Å². The molecule has 0 aliphatic heterocycles. The number of aromatic hydroxyl groups is 2. The lowest BCUT2D eigenvalue weighted by Crippen LogP contribution is -1.73. The van der Waals surface area contributed by atoms with Crippen LogP contribution in [0.4, 0.5) is 0 Å². The minimum Gasteiger partial charge on any atom is -0.504 e. The van der Waals surface area contributed by atoms with E-state index >= 15 is 0 Å². The minimum atomic E-state index is -0.159. The quantitative estimate of drug-likeness (QED) is 0.547. The number of phenolic OH excluding ortho intramolecular Hbond substituents is 2. The summed E-state index contributed by atoms with van der Waals surface area (Å²) in [6, 6.07) is 4.48. The first-order chi connectivity index (χ1) is 6.24. The van der Waals surface area contributed by atoms with Crippen LogP contribution in [-0.4, -0.2) is 16.5 Å². The van der Waals surface area contributed by atoms with E-state index in [0.29, 0.717) is 6.42 Å². The van der Waals surface area contributed by atoms with Crippen molar-refractivity contribution >= 4 is 12.4 Å². The fourth-order valence-corrected chi connectivity index (χ4v) is 0.904. The lowest BCUT2D eigenvalue weighted by atomic mass is 10.2. The van der Waals surface area contributed by atoms with Crippen molar-refractivity contribution in [2.45, 2.75) is 6.42 Å². The van der Waals surface area contributed by atoms with Gasteiger partial charge >= 0.3 is 0 Å². The molecule has 0 amide bonds. The first-order valence-corrected chi connectivity index (χ1v) is 3.86. The van der Waals surface area contributed by atoms with Crippen molar-refractivity contribution in [1.82, 2.24) is 0 Å². The predicted molar refractivity (Wildman–Crippen MR) is 49.5 cm³/mol. The van der Waals surface area contributed by atoms with Crippen LogP contribution < -0.4 is 0 Å². The molecule has 0 spiro atoms. The van der Waals surface area contributed by atoms with Crippen molar-refractivity contribution in [3.05, 3.63) is 29.8 Å². The summed E-state index contributed by atoms with van der Waals surface area (Å²) < 4.78 is 0. The first kappa shape index (κ1) is 9.32. The number of allylic oxidation sites excluding steroid dienone is 1. The van der Waals surface area contributed by atoms with E-state index in [0.717, 1.165) is 11.8 Å². The zero-order chi connectivity index (χ0) is 9.68. The van der Waals surface area contributed by atoms with E-state index in [1.54, 1.807) is 18.2 Å². The molecular formula is C10H10O3. The lowest BCUT2D eigenvalue weighted by molar-refractivity contribution is -0.107. The van der Waals surface area contributed by atoms with E-state index in [2.05, 4.69) is 0 Å². The zero-order valence-electron chi connectivity index (χ0n) is 6.97. The summed E-state index contributed by atoms with van der Waals surface area (Å²) in [4.78, 5) is 9.98. The standard InChI is InChI=1S/C10H10O3/c11-6-2-1-3-8-4-5-9(12)10(13)7-8/h1,3-7,12-13H,2H2. The lowest BCUT2D eigenvalue weighted by Gasteiger charge is -1.97. The Morgan fingerprint density at radius 3 is 2.62 bits per heavy atom. The number of phenols is 2. The first-order valence-electron chi connectivity index (χ1n) is 3.86. The molecule has 13 heavy (non-hydrogen) atoms. The van der Waals surface area contributed by atoms with E-state index in [9.17, 15) is 4.79 Å². The Labute approximate surface area is 76.0 Å². The smallest absolute Gasteiger partial charge is 0.157 e. The summed E-state index contributed by atoms with van der Waals surface area (Å²) in [7, 11) is 0. The van der Waals surface area contributed by atoms with Gasteiger partial charge in [0.15, 0.2) is 11.5 Å². The Morgan fingerprint density at radius 2 is 2.00 bits per heavy atom. The van der Waals surface area contributed by atoms with Crippen molar-refractivity contribution in [3.63, 3.8) is 0 Å². The van der Waals surface area contributed by atoms with Crippen molar-refractivity contribution in [3.8, 4) is 11.5 Å². The van der Waals surface area contributed by atoms with Gasteiger partial charge in [0.05, 0.1) is 0 Å². The number of carbonyl (C=O) groups excluding carboxylic acids is 1. The van der Waals surface area contributed by atoms with Gasteiger partial charge in [0.2, 0.25) is 0 Å². The van der Waals surface area contributed by atoms with Gasteiger partial charge < -0.3 is 15.0 Å². The molecule has 68 valence electrons. The molecule has 1 rings (SSSR count). The third-order valence-electron chi connectivity index (χ3n) is 1.54. The fraction of sp³-hybridized carbons (Fsp3) is 0.100. The van der Waals surface area contributed by atoms with E-state index < -0.39 is 0 Å². The van der Waals surface area contributed by atoms with Gasteiger partial charge in [0.1, 0.15) is 6.29 Å². The summed E-state index contributed by atoms with van der Waals surface area (Å²) in [6.07, 6.45) is 4.52. The van der Waals surface area contributed by atoms with Gasteiger partial charge in [-0.2, -0.15) is 0 Å². The molecule has 0 radical (unpaired) electrons. The topological polar surface area (TPSA) is 57.5 Å². The zero-order valence-corrected chi connectivity index (χ0v) is 6.97. The molecule has 0 fully saturated rings. The third kappa shape index (κ3) is 2.63. The molecule has 0 heterocycles. The van der Waals surface area contributed by atoms with Crippen molar-refractivity contribution in [1.29, 1.82) is 0 Å². The van der Waals surface area contributed by atoms with E-state index in [-0.39, 0.29) is 11.5 Å². The highest BCUT2D eigenvalue weighted by atomic mass is 16.3. The molecule has 2 N–H and O–H groups in total. The number of rotatable bonds is 3. The summed E-state index contributed by atoms with van der Waals surface area (Å²) >= 11 is 0. The number of hydrogen-bond acceptors (Lipinski definition) is 3. The molecule has 0 aliphatic rings. The van der Waals surface area contributed by atoms with Gasteiger partial charge in [-0.3, -0.25) is 0 Å². The minimum absolute atomic E-state index is 0.146. The van der Waals surface area contributed by atoms with Gasteiger partial charge in [-0.25, -0.2) is 0 Å². The molecule has 0 saturated carbocycles. The Kier molecular flexibility index (Phi) is 3.09. The Morgan fingerprint density at radius 1 is 1.23 bits per heavy atom. The highest BCUT2D eigenvalue weighted by Gasteiger charge is 1.96. The van der Waals surface area contributed by atoms with Gasteiger partial charge in [0.25, 0.3) is 0 Å². The van der Waals surface area contributed by atoms with Crippen molar-refractivity contribution in [2.24, 2.45) is 0 Å². The van der Waals surface area contributed by atoms with Crippen molar-refractivity contribution < 1.29 is 15.0 Å². The number of hydrogen-bond donors (Lipinski definition) is 2. The maximum Gasteiger partial charge on any atom is 0.157 e. The van der Waals surface area contributed by atoms with Crippen LogP contribution in [0.25, 0.3) is 6.08 Å². The fourth-order valence-electron chi connectivity index (χ4n) is 0.904. The van der Waals surface area contributed by atoms with E-state index in [4.69, 9.17) is 10.2 Å². The molecule has 1 aromatic carbocycles. The predicted octanol–water partition coefficient (Wildman–Crippen LogP) is 1.70. The van der Waals surface area contributed by atoms with Crippen LogP contribution in [0, 0.1) is 0 Å². The number of carbonyl (C=O) groups is 1. The van der Waals surface area contributed by atoms with Crippen LogP contribution in [0.2, 0.25) is 0 Å². The van der Waals surface area contributed by atoms with Gasteiger partial charge in [-0.05, 0) is 17.7 Å². The maximum absolute atomic E-state index is 9.98. The highest BCUT2D eigenvalue weighted by Crippen LogP contribution is 2.25. The molecule has 0 saturated heterocycles. The Balaban J connectivity index is 2.79. The Bertz CT molecular complexity index is 329. The summed E-state index contributed by atoms with van der Waals surface area (Å²) in [5, 5.41) is 18.1. The monoisotopic (exact) mass is 178 g/mol. The largest absolute Gasteiger partial charge is 0.504 e. The SMILES string of the molecule is O=CCC=Cc1ccc(O)c(O)c1. The van der Waals surface area contributed by atoms with E-state index in [1.807, 2.05) is 0 Å². The maximum atomic E-state index is 9.98. The highest BCUT2D eigenvalue weighted by molar-refractivity contribution is 5.59.